The minimum Gasteiger partial charge on any atom is -0.493 e. The number of nitrogens with zero attached hydrogens (tertiary/aromatic N) is 2. The van der Waals surface area contributed by atoms with Crippen LogP contribution in [0.3, 0.4) is 0 Å². The van der Waals surface area contributed by atoms with Gasteiger partial charge in [0.25, 0.3) is 0 Å². The van der Waals surface area contributed by atoms with Crippen LogP contribution in [0.25, 0.3) is 0 Å². The van der Waals surface area contributed by atoms with Gasteiger partial charge in [0.1, 0.15) is 0 Å². The van der Waals surface area contributed by atoms with Gasteiger partial charge in [-0.2, -0.15) is 0 Å². The fourth-order valence-electron chi connectivity index (χ4n) is 2.78. The van der Waals surface area contributed by atoms with E-state index in [1.165, 1.54) is 5.56 Å². The van der Waals surface area contributed by atoms with E-state index in [9.17, 15) is 0 Å². The van der Waals surface area contributed by atoms with Crippen LogP contribution in [-0.2, 0) is 13.0 Å². The van der Waals surface area contributed by atoms with Gasteiger partial charge in [-0.3, -0.25) is 4.99 Å². The van der Waals surface area contributed by atoms with Crippen molar-refractivity contribution in [3.8, 4) is 11.5 Å². The van der Waals surface area contributed by atoms with Crippen molar-refractivity contribution in [1.29, 1.82) is 0 Å². The molecule has 0 aliphatic carbocycles. The third-order valence-corrected chi connectivity index (χ3v) is 4.09. The van der Waals surface area contributed by atoms with E-state index in [0.29, 0.717) is 6.61 Å². The Balaban J connectivity index is 0.00000392. The van der Waals surface area contributed by atoms with Crippen LogP contribution in [0.1, 0.15) is 25.8 Å². The number of methoxy groups -OCH3 is 1. The highest BCUT2D eigenvalue weighted by Crippen LogP contribution is 2.28. The molecule has 0 saturated heterocycles. The minimum atomic E-state index is 0. The van der Waals surface area contributed by atoms with E-state index in [1.54, 1.807) is 7.11 Å². The standard InChI is InChI=1S/C21H32N4O2.HI/c1-4-22-21(24-13-16-25-14-6-7-15-25)23-12-8-9-18-10-11-19(26-3)20(17-18)27-5-2;/h6-7,10-11,14-15,17H,4-5,8-9,12-13,16H2,1-3H3,(H2,22,23,24);1H. The molecule has 0 atom stereocenters. The van der Waals surface area contributed by atoms with Gasteiger partial charge in [-0.05, 0) is 56.5 Å². The number of ether oxygens (including phenoxy) is 2. The molecule has 7 heteroatoms. The first-order valence-corrected chi connectivity index (χ1v) is 9.69. The Labute approximate surface area is 185 Å². The summed E-state index contributed by atoms with van der Waals surface area (Å²) >= 11 is 0. The number of aryl methyl sites for hydroxylation is 1. The van der Waals surface area contributed by atoms with Crippen molar-refractivity contribution >= 4 is 29.9 Å². The summed E-state index contributed by atoms with van der Waals surface area (Å²) < 4.78 is 13.1. The Morgan fingerprint density at radius 1 is 1.11 bits per heavy atom. The van der Waals surface area contributed by atoms with Gasteiger partial charge in [0.15, 0.2) is 17.5 Å². The number of hydrogen-bond acceptors (Lipinski definition) is 3. The molecule has 1 aromatic carbocycles. The second-order valence-electron chi connectivity index (χ2n) is 6.13. The van der Waals surface area contributed by atoms with E-state index in [2.05, 4.69) is 51.6 Å². The molecule has 0 spiro atoms. The van der Waals surface area contributed by atoms with Crippen molar-refractivity contribution in [1.82, 2.24) is 15.2 Å². The van der Waals surface area contributed by atoms with Crippen molar-refractivity contribution in [3.63, 3.8) is 0 Å². The van der Waals surface area contributed by atoms with Crippen molar-refractivity contribution in [2.45, 2.75) is 33.2 Å². The second-order valence-corrected chi connectivity index (χ2v) is 6.13. The van der Waals surface area contributed by atoms with E-state index >= 15 is 0 Å². The molecule has 0 fully saturated rings. The molecule has 0 aliphatic heterocycles. The molecule has 2 aromatic rings. The molecular weight excluding hydrogens is 467 g/mol. The average molecular weight is 500 g/mol. The second kappa shape index (κ2) is 14.1. The summed E-state index contributed by atoms with van der Waals surface area (Å²) in [6, 6.07) is 10.2. The maximum absolute atomic E-state index is 5.65. The van der Waals surface area contributed by atoms with Gasteiger partial charge in [0.05, 0.1) is 13.7 Å². The number of benzene rings is 1. The van der Waals surface area contributed by atoms with Crippen LogP contribution in [0.15, 0.2) is 47.7 Å². The lowest BCUT2D eigenvalue weighted by molar-refractivity contribution is 0.310. The normalized spacial score (nSPS) is 10.9. The van der Waals surface area contributed by atoms with E-state index in [1.807, 2.05) is 25.1 Å². The lowest BCUT2D eigenvalue weighted by Crippen LogP contribution is -2.38. The van der Waals surface area contributed by atoms with E-state index in [-0.39, 0.29) is 24.0 Å². The number of halogens is 1. The van der Waals surface area contributed by atoms with Crippen LogP contribution in [0.5, 0.6) is 11.5 Å². The van der Waals surface area contributed by atoms with Crippen LogP contribution in [0.4, 0.5) is 0 Å². The topological polar surface area (TPSA) is 59.8 Å². The zero-order valence-corrected chi connectivity index (χ0v) is 19.4. The Bertz CT molecular complexity index is 690. The molecule has 0 radical (unpaired) electrons. The molecule has 1 aromatic heterocycles. The predicted octanol–water partition coefficient (Wildman–Crippen LogP) is 3.70. The molecule has 6 nitrogen and oxygen atoms in total. The highest BCUT2D eigenvalue weighted by atomic mass is 127. The molecule has 28 heavy (non-hydrogen) atoms. The molecule has 0 amide bonds. The lowest BCUT2D eigenvalue weighted by atomic mass is 10.1. The number of nitrogens with one attached hydrogen (secondary N) is 2. The van der Waals surface area contributed by atoms with E-state index < -0.39 is 0 Å². The molecule has 0 aliphatic rings. The van der Waals surface area contributed by atoms with Crippen molar-refractivity contribution in [2.24, 2.45) is 4.99 Å². The third kappa shape index (κ3) is 8.41. The highest BCUT2D eigenvalue weighted by molar-refractivity contribution is 14.0. The maximum atomic E-state index is 5.65. The first-order valence-electron chi connectivity index (χ1n) is 9.69. The molecule has 0 bridgehead atoms. The Hall–Kier alpha value is -1.90. The van der Waals surface area contributed by atoms with Crippen LogP contribution >= 0.6 is 24.0 Å². The zero-order chi connectivity index (χ0) is 19.3. The first-order chi connectivity index (χ1) is 13.3. The predicted molar refractivity (Wildman–Crippen MR) is 126 cm³/mol. The Kier molecular flexibility index (Phi) is 12.2. The summed E-state index contributed by atoms with van der Waals surface area (Å²) in [5, 5.41) is 6.68. The van der Waals surface area contributed by atoms with Crippen LogP contribution in [-0.4, -0.2) is 43.9 Å². The number of hydrogen-bond donors (Lipinski definition) is 2. The summed E-state index contributed by atoms with van der Waals surface area (Å²) in [7, 11) is 1.66. The Morgan fingerprint density at radius 3 is 2.57 bits per heavy atom. The Morgan fingerprint density at radius 2 is 1.89 bits per heavy atom. The van der Waals surface area contributed by atoms with Gasteiger partial charge in [-0.1, -0.05) is 6.07 Å². The van der Waals surface area contributed by atoms with Gasteiger partial charge in [-0.15, -0.1) is 24.0 Å². The minimum absolute atomic E-state index is 0. The third-order valence-electron chi connectivity index (χ3n) is 4.09. The number of guanidine groups is 1. The number of aliphatic imine (C=N–C) groups is 1. The maximum Gasteiger partial charge on any atom is 0.191 e. The summed E-state index contributed by atoms with van der Waals surface area (Å²) in [5.74, 6) is 2.45. The summed E-state index contributed by atoms with van der Waals surface area (Å²) in [5.41, 5.74) is 1.24. The average Bonchev–Trinajstić information content (AvgIpc) is 3.19. The molecule has 0 saturated carbocycles. The van der Waals surface area contributed by atoms with Crippen LogP contribution in [0.2, 0.25) is 0 Å². The number of rotatable bonds is 11. The van der Waals surface area contributed by atoms with E-state index in [4.69, 9.17) is 9.47 Å². The SMILES string of the molecule is CCNC(=NCCCc1ccc(OC)c(OCC)c1)NCCn1cccc1.I. The molecule has 156 valence electrons. The lowest BCUT2D eigenvalue weighted by Gasteiger charge is -2.12. The molecule has 0 unspecified atom stereocenters. The van der Waals surface area contributed by atoms with Crippen molar-refractivity contribution in [3.05, 3.63) is 48.3 Å². The fraction of sp³-hybridized carbons (Fsp3) is 0.476. The fourth-order valence-corrected chi connectivity index (χ4v) is 2.78. The quantitative estimate of drug-likeness (QED) is 0.214. The zero-order valence-electron chi connectivity index (χ0n) is 17.1. The molecular formula is C21H33IN4O2. The smallest absolute Gasteiger partial charge is 0.191 e. The van der Waals surface area contributed by atoms with Gasteiger partial charge >= 0.3 is 0 Å². The summed E-state index contributed by atoms with van der Waals surface area (Å²) in [6.07, 6.45) is 6.07. The van der Waals surface area contributed by atoms with Gasteiger partial charge in [0, 0.05) is 38.6 Å². The first kappa shape index (κ1) is 24.1. The van der Waals surface area contributed by atoms with Gasteiger partial charge in [0.2, 0.25) is 0 Å². The van der Waals surface area contributed by atoms with Crippen LogP contribution in [0, 0.1) is 0 Å². The van der Waals surface area contributed by atoms with Crippen molar-refractivity contribution in [2.75, 3.05) is 33.4 Å². The molecule has 2 N–H and O–H groups in total. The highest BCUT2D eigenvalue weighted by Gasteiger charge is 2.05. The van der Waals surface area contributed by atoms with E-state index in [0.717, 1.165) is 56.5 Å². The van der Waals surface area contributed by atoms with Gasteiger partial charge < -0.3 is 24.7 Å². The van der Waals surface area contributed by atoms with Crippen molar-refractivity contribution < 1.29 is 9.47 Å². The van der Waals surface area contributed by atoms with Crippen LogP contribution < -0.4 is 20.1 Å². The monoisotopic (exact) mass is 500 g/mol. The molecule has 1 heterocycles. The number of aromatic nitrogens is 1. The van der Waals surface area contributed by atoms with Gasteiger partial charge in [-0.25, -0.2) is 0 Å². The largest absolute Gasteiger partial charge is 0.493 e. The summed E-state index contributed by atoms with van der Waals surface area (Å²) in [4.78, 5) is 4.67. The summed E-state index contributed by atoms with van der Waals surface area (Å²) in [6.45, 7) is 8.08. The molecule has 2 rings (SSSR count).